The molecule has 2 unspecified atom stereocenters. The van der Waals surface area contributed by atoms with Crippen molar-refractivity contribution in [3.8, 4) is 0 Å². The van der Waals surface area contributed by atoms with Crippen molar-refractivity contribution in [3.63, 3.8) is 0 Å². The van der Waals surface area contributed by atoms with Crippen LogP contribution < -0.4 is 5.32 Å². The standard InChI is InChI=1S/C88H173NO5/c1-3-5-7-9-11-13-15-17-19-21-22-23-24-40-43-46-49-52-56-60-64-68-72-76-80-86(91)85(84-90)89-87(92)81-77-73-69-65-61-57-53-50-47-44-41-38-36-34-32-30-28-26-25-27-29-31-33-35-37-39-42-45-48-51-55-59-63-67-71-75-79-83-94-88(93)82-78-74-70-66-62-58-54-20-18-16-14-12-10-8-6-4-2/h76,80,85-86,90-91H,3-75,77-79,81-84H2,1-2H3,(H,89,92)/b80-76+. The van der Waals surface area contributed by atoms with Crippen molar-refractivity contribution in [1.82, 2.24) is 5.32 Å². The maximum atomic E-state index is 12.6. The molecule has 6 heteroatoms. The van der Waals surface area contributed by atoms with Crippen LogP contribution in [0.25, 0.3) is 0 Å². The van der Waals surface area contributed by atoms with Crippen LogP contribution in [0, 0.1) is 0 Å². The molecule has 0 aromatic rings. The Morgan fingerprint density at radius 1 is 0.287 bits per heavy atom. The maximum absolute atomic E-state index is 12.6. The van der Waals surface area contributed by atoms with Gasteiger partial charge in [0.25, 0.3) is 0 Å². The number of nitrogens with one attached hydrogen (secondary N) is 1. The Bertz CT molecular complexity index is 1430. The number of esters is 1. The molecule has 94 heavy (non-hydrogen) atoms. The predicted octanol–water partition coefficient (Wildman–Crippen LogP) is 29.4. The molecule has 0 rings (SSSR count). The van der Waals surface area contributed by atoms with E-state index in [-0.39, 0.29) is 18.5 Å². The number of carbonyl (C=O) groups is 2. The summed E-state index contributed by atoms with van der Waals surface area (Å²) in [5.74, 6) is -0.0279. The lowest BCUT2D eigenvalue weighted by Gasteiger charge is -2.20. The van der Waals surface area contributed by atoms with Crippen LogP contribution in [0.15, 0.2) is 12.2 Å². The molecular formula is C88H173NO5. The first kappa shape index (κ1) is 92.6. The first-order valence-corrected chi connectivity index (χ1v) is 44.0. The second-order valence-corrected chi connectivity index (χ2v) is 30.6. The highest BCUT2D eigenvalue weighted by Gasteiger charge is 2.18. The number of allylic oxidation sites excluding steroid dienone is 1. The second kappa shape index (κ2) is 84.0. The molecule has 0 saturated heterocycles. The largest absolute Gasteiger partial charge is 0.466 e. The SMILES string of the molecule is CCCCCCCCCCCCCCCCCCCCCCCC/C=C/C(O)C(CO)NC(=O)CCCCCCCCCCCCCCCCCCCCCCCCCCCCCCCCCCCCCCCOC(=O)CCCCCCCCCCCCCCCCCC. The van der Waals surface area contributed by atoms with Crippen molar-refractivity contribution < 1.29 is 24.5 Å². The lowest BCUT2D eigenvalue weighted by atomic mass is 10.0. The van der Waals surface area contributed by atoms with Crippen LogP contribution in [-0.4, -0.2) is 47.4 Å². The summed E-state index contributed by atoms with van der Waals surface area (Å²) in [7, 11) is 0. The van der Waals surface area contributed by atoms with Crippen LogP contribution in [0.4, 0.5) is 0 Å². The van der Waals surface area contributed by atoms with Crippen LogP contribution in [0.3, 0.4) is 0 Å². The number of amides is 1. The van der Waals surface area contributed by atoms with E-state index < -0.39 is 12.1 Å². The van der Waals surface area contributed by atoms with Gasteiger partial charge in [0.2, 0.25) is 5.91 Å². The van der Waals surface area contributed by atoms with Crippen LogP contribution in [0.2, 0.25) is 0 Å². The molecule has 3 N–H and O–H groups in total. The average molecular weight is 1330 g/mol. The summed E-state index contributed by atoms with van der Waals surface area (Å²) in [6.07, 6.45) is 108. The van der Waals surface area contributed by atoms with Crippen molar-refractivity contribution in [3.05, 3.63) is 12.2 Å². The highest BCUT2D eigenvalue weighted by molar-refractivity contribution is 5.76. The molecule has 0 aliphatic heterocycles. The summed E-state index contributed by atoms with van der Waals surface area (Å²) in [5, 5.41) is 23.3. The quantitative estimate of drug-likeness (QED) is 0.0320. The van der Waals surface area contributed by atoms with Crippen molar-refractivity contribution in [2.75, 3.05) is 13.2 Å². The molecule has 0 aliphatic carbocycles. The number of aliphatic hydroxyl groups excluding tert-OH is 2. The zero-order valence-electron chi connectivity index (χ0n) is 64.5. The highest BCUT2D eigenvalue weighted by Crippen LogP contribution is 2.21. The van der Waals surface area contributed by atoms with E-state index in [1.807, 2.05) is 6.08 Å². The third-order valence-corrected chi connectivity index (χ3v) is 21.1. The van der Waals surface area contributed by atoms with E-state index in [9.17, 15) is 19.8 Å². The summed E-state index contributed by atoms with van der Waals surface area (Å²) in [6.45, 7) is 4.98. The second-order valence-electron chi connectivity index (χ2n) is 30.6. The van der Waals surface area contributed by atoms with Crippen LogP contribution in [0.5, 0.6) is 0 Å². The van der Waals surface area contributed by atoms with Crippen LogP contribution in [-0.2, 0) is 14.3 Å². The van der Waals surface area contributed by atoms with E-state index in [0.29, 0.717) is 19.4 Å². The summed E-state index contributed by atoms with van der Waals surface area (Å²) in [6, 6.07) is -0.624. The van der Waals surface area contributed by atoms with Gasteiger partial charge < -0.3 is 20.3 Å². The van der Waals surface area contributed by atoms with E-state index in [4.69, 9.17) is 4.74 Å². The minimum absolute atomic E-state index is 0.0281. The first-order valence-electron chi connectivity index (χ1n) is 44.0. The highest BCUT2D eigenvalue weighted by atomic mass is 16.5. The van der Waals surface area contributed by atoms with Crippen molar-refractivity contribution >= 4 is 11.9 Å². The van der Waals surface area contributed by atoms with Crippen LogP contribution >= 0.6 is 0 Å². The molecule has 0 heterocycles. The van der Waals surface area contributed by atoms with Gasteiger partial charge in [-0.15, -0.1) is 0 Å². The Morgan fingerprint density at radius 2 is 0.489 bits per heavy atom. The number of hydrogen-bond donors (Lipinski definition) is 3. The molecule has 0 aromatic heterocycles. The molecular weight excluding hydrogens is 1150 g/mol. The molecule has 560 valence electrons. The lowest BCUT2D eigenvalue weighted by molar-refractivity contribution is -0.143. The summed E-state index contributed by atoms with van der Waals surface area (Å²) >= 11 is 0. The van der Waals surface area contributed by atoms with Crippen molar-refractivity contribution in [2.24, 2.45) is 0 Å². The van der Waals surface area contributed by atoms with Gasteiger partial charge in [0.15, 0.2) is 0 Å². The minimum atomic E-state index is -0.842. The van der Waals surface area contributed by atoms with Gasteiger partial charge in [-0.1, -0.05) is 482 Å². The number of aliphatic hydroxyl groups is 2. The number of ether oxygens (including phenoxy) is 1. The van der Waals surface area contributed by atoms with Gasteiger partial charge in [-0.2, -0.15) is 0 Å². The topological polar surface area (TPSA) is 95.9 Å². The molecule has 0 radical (unpaired) electrons. The van der Waals surface area contributed by atoms with Gasteiger partial charge in [0, 0.05) is 12.8 Å². The van der Waals surface area contributed by atoms with Gasteiger partial charge in [-0.25, -0.2) is 0 Å². The van der Waals surface area contributed by atoms with Gasteiger partial charge >= 0.3 is 5.97 Å². The van der Waals surface area contributed by atoms with Gasteiger partial charge in [-0.3, -0.25) is 9.59 Å². The van der Waals surface area contributed by atoms with E-state index >= 15 is 0 Å². The van der Waals surface area contributed by atoms with Crippen LogP contribution in [0.1, 0.15) is 515 Å². The number of carbonyl (C=O) groups excluding carboxylic acids is 2. The molecule has 2 atom stereocenters. The van der Waals surface area contributed by atoms with Crippen molar-refractivity contribution in [2.45, 2.75) is 527 Å². The number of unbranched alkanes of at least 4 members (excludes halogenated alkanes) is 73. The van der Waals surface area contributed by atoms with Crippen molar-refractivity contribution in [1.29, 1.82) is 0 Å². The van der Waals surface area contributed by atoms with Gasteiger partial charge in [-0.05, 0) is 32.1 Å². The molecule has 0 aliphatic rings. The smallest absolute Gasteiger partial charge is 0.305 e. The summed E-state index contributed by atoms with van der Waals surface area (Å²) < 4.78 is 5.52. The van der Waals surface area contributed by atoms with E-state index in [1.54, 1.807) is 6.08 Å². The Labute approximate surface area is 590 Å². The Kier molecular flexibility index (Phi) is 82.8. The fourth-order valence-electron chi connectivity index (χ4n) is 14.4. The molecule has 1 amide bonds. The van der Waals surface area contributed by atoms with E-state index in [0.717, 1.165) is 38.5 Å². The fraction of sp³-hybridized carbons (Fsp3) is 0.955. The van der Waals surface area contributed by atoms with E-state index in [2.05, 4.69) is 19.2 Å². The molecule has 0 aromatic carbocycles. The predicted molar refractivity (Wildman–Crippen MR) is 417 cm³/mol. The summed E-state index contributed by atoms with van der Waals surface area (Å²) in [4.78, 5) is 24.7. The molecule has 6 nitrogen and oxygen atoms in total. The number of hydrogen-bond acceptors (Lipinski definition) is 5. The Morgan fingerprint density at radius 3 is 0.723 bits per heavy atom. The average Bonchev–Trinajstić information content (AvgIpc) is 3.75. The third-order valence-electron chi connectivity index (χ3n) is 21.1. The first-order chi connectivity index (χ1) is 46.5. The van der Waals surface area contributed by atoms with Gasteiger partial charge in [0.1, 0.15) is 0 Å². The fourth-order valence-corrected chi connectivity index (χ4v) is 14.4. The minimum Gasteiger partial charge on any atom is -0.466 e. The van der Waals surface area contributed by atoms with Gasteiger partial charge in [0.05, 0.1) is 25.4 Å². The normalized spacial score (nSPS) is 12.4. The molecule has 0 spiro atoms. The lowest BCUT2D eigenvalue weighted by Crippen LogP contribution is -2.45. The Hall–Kier alpha value is -1.40. The molecule has 0 saturated carbocycles. The molecule has 0 bridgehead atoms. The zero-order chi connectivity index (χ0) is 67.7. The molecule has 0 fully saturated rings. The Balaban J connectivity index is 3.32. The maximum Gasteiger partial charge on any atom is 0.305 e. The zero-order valence-corrected chi connectivity index (χ0v) is 64.5. The van der Waals surface area contributed by atoms with E-state index in [1.165, 1.54) is 449 Å². The number of rotatable bonds is 84. The monoisotopic (exact) mass is 1320 g/mol. The summed E-state index contributed by atoms with van der Waals surface area (Å²) in [5.41, 5.74) is 0. The third kappa shape index (κ3) is 79.6.